The number of nitrogens with zero attached hydrogens (tertiary/aromatic N) is 1. The van der Waals surface area contributed by atoms with E-state index in [-0.39, 0.29) is 3.98 Å². The van der Waals surface area contributed by atoms with Crippen molar-refractivity contribution in [2.45, 2.75) is 0 Å². The second-order valence-corrected chi connectivity index (χ2v) is 2.77. The molecule has 0 bridgehead atoms. The molecule has 0 aromatic heterocycles. The van der Waals surface area contributed by atoms with E-state index < -0.39 is 0 Å². The van der Waals surface area contributed by atoms with Crippen molar-refractivity contribution in [2.24, 2.45) is 0 Å². The molecule has 0 amide bonds. The Bertz CT molecular complexity index is 95.0. The molecule has 0 aliphatic heterocycles. The molecule has 0 unspecified atom stereocenters. The summed E-state index contributed by atoms with van der Waals surface area (Å²) in [6, 6.07) is 0. The number of carbonyl (C=O) groups is 1. The fourth-order valence-corrected chi connectivity index (χ4v) is 0.529. The van der Waals surface area contributed by atoms with Crippen LogP contribution in [-0.2, 0) is 4.74 Å². The van der Waals surface area contributed by atoms with Crippen LogP contribution in [0.4, 0.5) is 4.79 Å². The molecule has 54 valence electrons. The van der Waals surface area contributed by atoms with E-state index in [9.17, 15) is 4.79 Å². The Morgan fingerprint density at radius 3 is 2.56 bits per heavy atom. The highest BCUT2D eigenvalue weighted by atomic mass is 127. The minimum Gasteiger partial charge on any atom is -0.457 e. The van der Waals surface area contributed by atoms with Crippen molar-refractivity contribution in [2.75, 3.05) is 27.2 Å². The van der Waals surface area contributed by atoms with E-state index in [1.807, 2.05) is 19.0 Å². The molecule has 4 heteroatoms. The van der Waals surface area contributed by atoms with Crippen molar-refractivity contribution in [1.29, 1.82) is 0 Å². The van der Waals surface area contributed by atoms with Gasteiger partial charge >= 0.3 is 3.98 Å². The lowest BCUT2D eigenvalue weighted by Crippen LogP contribution is -2.18. The van der Waals surface area contributed by atoms with Gasteiger partial charge in [-0.15, -0.1) is 0 Å². The Hall–Kier alpha value is 0.160. The molecule has 0 rings (SSSR count). The lowest BCUT2D eigenvalue weighted by molar-refractivity contribution is 0.167. The highest BCUT2D eigenvalue weighted by molar-refractivity contribution is 14.1. The van der Waals surface area contributed by atoms with Crippen LogP contribution in [0.15, 0.2) is 0 Å². The fraction of sp³-hybridized carbons (Fsp3) is 0.800. The van der Waals surface area contributed by atoms with E-state index in [1.165, 1.54) is 0 Å². The molecular formula is C5H10INO2. The summed E-state index contributed by atoms with van der Waals surface area (Å²) >= 11 is 1.61. The Morgan fingerprint density at radius 2 is 2.22 bits per heavy atom. The average Bonchev–Trinajstić information content (AvgIpc) is 1.63. The van der Waals surface area contributed by atoms with E-state index in [1.54, 1.807) is 22.6 Å². The first-order valence-electron chi connectivity index (χ1n) is 2.60. The van der Waals surface area contributed by atoms with Crippen molar-refractivity contribution in [3.8, 4) is 0 Å². The predicted molar refractivity (Wildman–Crippen MR) is 43.9 cm³/mol. The number of ether oxygens (including phenoxy) is 1. The third-order valence-corrected chi connectivity index (χ3v) is 1.07. The summed E-state index contributed by atoms with van der Waals surface area (Å²) in [4.78, 5) is 12.1. The number of hydrogen-bond acceptors (Lipinski definition) is 3. The highest BCUT2D eigenvalue weighted by Crippen LogP contribution is 1.90. The van der Waals surface area contributed by atoms with Crippen LogP contribution in [0.1, 0.15) is 0 Å². The molecule has 0 fully saturated rings. The second-order valence-electron chi connectivity index (χ2n) is 1.89. The van der Waals surface area contributed by atoms with Gasteiger partial charge in [0.1, 0.15) is 6.61 Å². The molecule has 0 saturated carbocycles. The fourth-order valence-electron chi connectivity index (χ4n) is 0.308. The summed E-state index contributed by atoms with van der Waals surface area (Å²) < 4.78 is 4.42. The van der Waals surface area contributed by atoms with Crippen LogP contribution in [0.3, 0.4) is 0 Å². The second kappa shape index (κ2) is 4.99. The maximum absolute atomic E-state index is 10.2. The van der Waals surface area contributed by atoms with Gasteiger partial charge in [-0.1, -0.05) is 0 Å². The highest BCUT2D eigenvalue weighted by Gasteiger charge is 1.93. The topological polar surface area (TPSA) is 29.5 Å². The third kappa shape index (κ3) is 8.16. The molecule has 0 atom stereocenters. The molecular weight excluding hydrogens is 233 g/mol. The van der Waals surface area contributed by atoms with E-state index >= 15 is 0 Å². The van der Waals surface area contributed by atoms with Crippen LogP contribution in [0.5, 0.6) is 0 Å². The molecule has 0 radical (unpaired) electrons. The molecule has 9 heavy (non-hydrogen) atoms. The van der Waals surface area contributed by atoms with Gasteiger partial charge in [0.25, 0.3) is 0 Å². The van der Waals surface area contributed by atoms with Gasteiger partial charge in [0, 0.05) is 6.54 Å². The summed E-state index contributed by atoms with van der Waals surface area (Å²) in [5.41, 5.74) is 0. The Labute approximate surface area is 68.5 Å². The van der Waals surface area contributed by atoms with E-state index in [4.69, 9.17) is 0 Å². The summed E-state index contributed by atoms with van der Waals surface area (Å²) in [6.45, 7) is 1.27. The SMILES string of the molecule is CN(C)CCOC(=O)I. The monoisotopic (exact) mass is 243 g/mol. The maximum atomic E-state index is 10.2. The zero-order valence-electron chi connectivity index (χ0n) is 5.56. The van der Waals surface area contributed by atoms with Crippen molar-refractivity contribution < 1.29 is 9.53 Å². The third-order valence-electron chi connectivity index (χ3n) is 0.754. The molecule has 0 saturated heterocycles. The van der Waals surface area contributed by atoms with Crippen LogP contribution in [0.2, 0.25) is 0 Å². The van der Waals surface area contributed by atoms with Gasteiger partial charge in [-0.2, -0.15) is 0 Å². The molecule has 0 aromatic rings. The molecule has 0 aliphatic rings. The summed E-state index contributed by atoms with van der Waals surface area (Å²) in [5, 5.41) is 0. The summed E-state index contributed by atoms with van der Waals surface area (Å²) in [5.74, 6) is 0. The standard InChI is InChI=1S/C5H10INO2/c1-7(2)3-4-9-5(6)8/h3-4H2,1-2H3. The van der Waals surface area contributed by atoms with Crippen LogP contribution >= 0.6 is 22.6 Å². The van der Waals surface area contributed by atoms with Gasteiger partial charge in [0.05, 0.1) is 22.6 Å². The van der Waals surface area contributed by atoms with Crippen molar-refractivity contribution in [3.05, 3.63) is 0 Å². The van der Waals surface area contributed by atoms with E-state index in [2.05, 4.69) is 4.74 Å². The summed E-state index contributed by atoms with van der Waals surface area (Å²) in [6.07, 6.45) is 0. The van der Waals surface area contributed by atoms with Gasteiger partial charge in [-0.05, 0) is 14.1 Å². The zero-order valence-corrected chi connectivity index (χ0v) is 7.71. The molecule has 0 N–H and O–H groups in total. The van der Waals surface area contributed by atoms with E-state index in [0.717, 1.165) is 6.54 Å². The van der Waals surface area contributed by atoms with Gasteiger partial charge in [0.2, 0.25) is 0 Å². The predicted octanol–water partition coefficient (Wildman–Crippen LogP) is 1.12. The molecule has 0 aliphatic carbocycles. The van der Waals surface area contributed by atoms with Crippen LogP contribution < -0.4 is 0 Å². The smallest absolute Gasteiger partial charge is 0.367 e. The van der Waals surface area contributed by atoms with Crippen molar-refractivity contribution in [1.82, 2.24) is 4.90 Å². The molecule has 0 spiro atoms. The van der Waals surface area contributed by atoms with Gasteiger partial charge in [-0.3, -0.25) is 0 Å². The minimum atomic E-state index is -0.241. The number of likely N-dealkylation sites (N-methyl/N-ethyl adjacent to an activating group) is 1. The van der Waals surface area contributed by atoms with E-state index in [0.29, 0.717) is 6.61 Å². The Balaban J connectivity index is 3.01. The lowest BCUT2D eigenvalue weighted by atomic mass is 10.6. The first-order chi connectivity index (χ1) is 4.13. The van der Waals surface area contributed by atoms with Crippen molar-refractivity contribution in [3.63, 3.8) is 0 Å². The van der Waals surface area contributed by atoms with Gasteiger partial charge in [0.15, 0.2) is 0 Å². The summed E-state index contributed by atoms with van der Waals surface area (Å²) in [7, 11) is 3.86. The first-order valence-corrected chi connectivity index (χ1v) is 3.68. The van der Waals surface area contributed by atoms with Crippen LogP contribution in [-0.4, -0.2) is 36.1 Å². The molecule has 3 nitrogen and oxygen atoms in total. The average molecular weight is 243 g/mol. The molecule has 0 aromatic carbocycles. The number of rotatable bonds is 3. The van der Waals surface area contributed by atoms with Gasteiger partial charge < -0.3 is 9.64 Å². The maximum Gasteiger partial charge on any atom is 0.367 e. The van der Waals surface area contributed by atoms with Crippen LogP contribution in [0.25, 0.3) is 0 Å². The van der Waals surface area contributed by atoms with Gasteiger partial charge in [-0.25, -0.2) is 4.79 Å². The lowest BCUT2D eigenvalue weighted by Gasteiger charge is -2.07. The number of carbonyl (C=O) groups excluding carboxylic acids is 1. The first kappa shape index (κ1) is 9.16. The number of halogens is 1. The zero-order chi connectivity index (χ0) is 7.28. The largest absolute Gasteiger partial charge is 0.457 e. The Kier molecular flexibility index (Phi) is 5.07. The molecule has 0 heterocycles. The van der Waals surface area contributed by atoms with Crippen molar-refractivity contribution >= 4 is 26.6 Å². The van der Waals surface area contributed by atoms with Crippen LogP contribution in [0, 0.1) is 0 Å². The normalized spacial score (nSPS) is 9.78. The minimum absolute atomic E-state index is 0.241. The Morgan fingerprint density at radius 1 is 1.67 bits per heavy atom. The quantitative estimate of drug-likeness (QED) is 0.549. The number of hydrogen-bond donors (Lipinski definition) is 0.